The first kappa shape index (κ1) is 38.5. The van der Waals surface area contributed by atoms with Crippen LogP contribution >= 0.6 is 0 Å². The van der Waals surface area contributed by atoms with Crippen LogP contribution in [-0.4, -0.2) is 24.6 Å². The molecule has 0 saturated carbocycles. The summed E-state index contributed by atoms with van der Waals surface area (Å²) in [6.07, 6.45) is 2.41. The molecule has 4 heteroatoms. The Morgan fingerprint density at radius 1 is 0.833 bits per heavy atom. The van der Waals surface area contributed by atoms with Crippen molar-refractivity contribution in [1.29, 1.82) is 0 Å². The van der Waals surface area contributed by atoms with Crippen LogP contribution in [0.2, 0.25) is 0 Å². The van der Waals surface area contributed by atoms with Gasteiger partial charge in [0.05, 0.1) is 18.9 Å². The van der Waals surface area contributed by atoms with Gasteiger partial charge >= 0.3 is 11.9 Å². The Morgan fingerprint density at radius 2 is 1.29 bits per heavy atom. The number of ether oxygens (including phenoxy) is 2. The minimum atomic E-state index is -0.371. The third kappa shape index (κ3) is 17.3. The van der Waals surface area contributed by atoms with Gasteiger partial charge in [0, 0.05) is 0 Å². The lowest BCUT2D eigenvalue weighted by molar-refractivity contribution is -0.158. The number of hydrogen-bond acceptors (Lipinski definition) is 4. The summed E-state index contributed by atoms with van der Waals surface area (Å²) in [5, 5.41) is 0. The zero-order chi connectivity index (χ0) is 14.8. The van der Waals surface area contributed by atoms with Gasteiger partial charge < -0.3 is 9.47 Å². The summed E-state index contributed by atoms with van der Waals surface area (Å²) in [7, 11) is 0. The normalized spacial score (nSPS) is 9.96. The zero-order valence-electron chi connectivity index (χ0n) is 12.9. The summed E-state index contributed by atoms with van der Waals surface area (Å²) in [5.41, 5.74) is 0. The maximum Gasteiger partial charge on any atom is 0.309 e. The Kier molecular flexibility index (Phi) is 35.2. The summed E-state index contributed by atoms with van der Waals surface area (Å²) >= 11 is 0. The van der Waals surface area contributed by atoms with Crippen LogP contribution in [0.15, 0.2) is 0 Å². The molecular weight excluding hydrogens is 304 g/mol. The van der Waals surface area contributed by atoms with E-state index in [9.17, 15) is 9.59 Å². The summed E-state index contributed by atoms with van der Waals surface area (Å²) in [6, 6.07) is 0. The Bertz CT molecular complexity index is 271. The van der Waals surface area contributed by atoms with E-state index in [4.69, 9.17) is 9.47 Å². The van der Waals surface area contributed by atoms with E-state index in [0.29, 0.717) is 18.9 Å². The molecular formula is C20H48O4. The van der Waals surface area contributed by atoms with Gasteiger partial charge in [-0.1, -0.05) is 84.6 Å². The molecule has 0 rings (SSSR count). The van der Waals surface area contributed by atoms with E-state index in [-0.39, 0.29) is 67.5 Å². The van der Waals surface area contributed by atoms with Crippen molar-refractivity contribution in [3.05, 3.63) is 0 Å². The van der Waals surface area contributed by atoms with E-state index in [0.717, 1.165) is 12.8 Å². The molecule has 0 aromatic carbocycles. The smallest absolute Gasteiger partial charge is 0.309 e. The number of hydrogen-bond donors (Lipinski definition) is 0. The van der Waals surface area contributed by atoms with Crippen molar-refractivity contribution < 1.29 is 19.1 Å². The molecule has 0 spiro atoms. The van der Waals surface area contributed by atoms with Gasteiger partial charge in [-0.3, -0.25) is 9.59 Å². The van der Waals surface area contributed by atoms with Crippen LogP contribution in [0.3, 0.4) is 0 Å². The molecule has 0 saturated heterocycles. The molecule has 0 aliphatic heterocycles. The lowest BCUT2D eigenvalue weighted by atomic mass is 10.1. The number of carbonyl (C=O) groups is 2. The molecule has 0 radical (unpaired) electrons. The average molecular weight is 353 g/mol. The third-order valence-corrected chi connectivity index (χ3v) is 3.24. The molecule has 0 bridgehead atoms. The zero-order valence-corrected chi connectivity index (χ0v) is 12.9. The maximum absolute atomic E-state index is 11.7. The third-order valence-electron chi connectivity index (χ3n) is 3.24. The summed E-state index contributed by atoms with van der Waals surface area (Å²) < 4.78 is 10.5. The second-order valence-electron chi connectivity index (χ2n) is 5.19. The van der Waals surface area contributed by atoms with Crippen molar-refractivity contribution in [2.45, 2.75) is 104 Å². The molecule has 0 aromatic rings. The first-order valence-corrected chi connectivity index (χ1v) is 7.30. The van der Waals surface area contributed by atoms with Crippen LogP contribution in [0.25, 0.3) is 0 Å². The fraction of sp³-hybridized carbons (Fsp3) is 0.900. The number of rotatable bonds is 9. The highest BCUT2D eigenvalue weighted by molar-refractivity contribution is 5.73. The first-order valence-electron chi connectivity index (χ1n) is 7.30. The first-order chi connectivity index (χ1) is 8.94. The Hall–Kier alpha value is -1.06. The van der Waals surface area contributed by atoms with Crippen molar-refractivity contribution in [2.24, 2.45) is 11.8 Å². The fourth-order valence-electron chi connectivity index (χ4n) is 1.55. The van der Waals surface area contributed by atoms with Crippen molar-refractivity contribution in [2.75, 3.05) is 6.61 Å². The second kappa shape index (κ2) is 21.9. The highest BCUT2D eigenvalue weighted by Crippen LogP contribution is 2.11. The van der Waals surface area contributed by atoms with Crippen LogP contribution in [0.5, 0.6) is 0 Å². The minimum Gasteiger partial charge on any atom is -0.465 e. The van der Waals surface area contributed by atoms with E-state index in [1.165, 1.54) is 0 Å². The van der Waals surface area contributed by atoms with E-state index < -0.39 is 0 Å². The van der Waals surface area contributed by atoms with Gasteiger partial charge in [0.1, 0.15) is 6.10 Å². The van der Waals surface area contributed by atoms with Gasteiger partial charge in [-0.2, -0.15) is 0 Å². The van der Waals surface area contributed by atoms with Gasteiger partial charge in [0.2, 0.25) is 0 Å². The van der Waals surface area contributed by atoms with Gasteiger partial charge in [-0.25, -0.2) is 0 Å². The molecule has 152 valence electrons. The molecule has 0 aliphatic rings. The van der Waals surface area contributed by atoms with Gasteiger partial charge in [-0.15, -0.1) is 0 Å². The van der Waals surface area contributed by atoms with Crippen LogP contribution in [0.4, 0.5) is 0 Å². The Labute approximate surface area is 153 Å². The van der Waals surface area contributed by atoms with E-state index in [1.54, 1.807) is 13.8 Å². The van der Waals surface area contributed by atoms with E-state index >= 15 is 0 Å². The maximum atomic E-state index is 11.7. The molecule has 0 heterocycles. The second-order valence-corrected chi connectivity index (χ2v) is 5.19. The van der Waals surface area contributed by atoms with Gasteiger partial charge in [0.25, 0.3) is 0 Å². The van der Waals surface area contributed by atoms with Crippen LogP contribution < -0.4 is 0 Å². The monoisotopic (exact) mass is 352 g/mol. The highest BCUT2D eigenvalue weighted by Gasteiger charge is 2.20. The molecule has 0 N–H and O–H groups in total. The summed E-state index contributed by atoms with van der Waals surface area (Å²) in [6.45, 7) is 10.1. The highest BCUT2D eigenvalue weighted by atomic mass is 16.6. The summed E-state index contributed by atoms with van der Waals surface area (Å²) in [4.78, 5) is 23.2. The predicted molar refractivity (Wildman–Crippen MR) is 108 cm³/mol. The average Bonchev–Trinajstić information content (AvgIpc) is 2.38. The Morgan fingerprint density at radius 3 is 1.62 bits per heavy atom. The van der Waals surface area contributed by atoms with Gasteiger partial charge in [0.15, 0.2) is 0 Å². The molecule has 0 fully saturated rings. The van der Waals surface area contributed by atoms with Crippen molar-refractivity contribution >= 4 is 11.9 Å². The number of carbonyl (C=O) groups excluding carboxylic acids is 2. The largest absolute Gasteiger partial charge is 0.465 e. The van der Waals surface area contributed by atoms with E-state index in [2.05, 4.69) is 13.8 Å². The lowest BCUT2D eigenvalue weighted by Crippen LogP contribution is -2.25. The topological polar surface area (TPSA) is 52.6 Å². The molecule has 4 nitrogen and oxygen atoms in total. The van der Waals surface area contributed by atoms with Crippen LogP contribution in [0.1, 0.15) is 97.4 Å². The predicted octanol–water partition coefficient (Wildman–Crippen LogP) is 6.51. The quantitative estimate of drug-likeness (QED) is 0.443. The minimum absolute atomic E-state index is 0. The fourth-order valence-corrected chi connectivity index (χ4v) is 1.55. The van der Waals surface area contributed by atoms with Crippen LogP contribution in [0, 0.1) is 11.8 Å². The van der Waals surface area contributed by atoms with E-state index in [1.807, 2.05) is 6.92 Å². The lowest BCUT2D eigenvalue weighted by Gasteiger charge is -2.18. The Balaban J connectivity index is -0.000000162. The van der Waals surface area contributed by atoms with Gasteiger partial charge in [-0.05, 0) is 12.3 Å². The standard InChI is InChI=1S/C15H28O4.5CH4/c1-6-12(7-2)10-18-14(16)9-13(8-3)19-15(17)11(4)5;;;;;/h11-13H,6-10H2,1-5H3;5*1H4. The molecule has 0 aliphatic carbocycles. The molecule has 24 heavy (non-hydrogen) atoms. The SMILES string of the molecule is C.C.C.C.C.CCC(CC)COC(=O)CC(CC)OC(=O)C(C)C. The molecule has 0 aromatic heterocycles. The van der Waals surface area contributed by atoms with Crippen LogP contribution in [-0.2, 0) is 19.1 Å². The molecule has 1 unspecified atom stereocenters. The van der Waals surface area contributed by atoms with Crippen molar-refractivity contribution in [3.63, 3.8) is 0 Å². The summed E-state index contributed by atoms with van der Waals surface area (Å²) in [5.74, 6) is -0.299. The van der Waals surface area contributed by atoms with Crippen molar-refractivity contribution in [1.82, 2.24) is 0 Å². The molecule has 0 amide bonds. The van der Waals surface area contributed by atoms with Crippen molar-refractivity contribution in [3.8, 4) is 0 Å². The molecule has 1 atom stereocenters. The number of esters is 2.